The van der Waals surface area contributed by atoms with Crippen LogP contribution in [-0.2, 0) is 0 Å². The minimum absolute atomic E-state index is 0.935. The Kier molecular flexibility index (Phi) is 14.1. The van der Waals surface area contributed by atoms with E-state index in [1.807, 2.05) is 0 Å². The van der Waals surface area contributed by atoms with Crippen molar-refractivity contribution in [1.82, 2.24) is 0 Å². The van der Waals surface area contributed by atoms with E-state index >= 15 is 0 Å². The molecule has 0 amide bonds. The molecule has 0 heteroatoms. The highest BCUT2D eigenvalue weighted by Gasteiger charge is 1.98. The molecule has 0 radical (unpaired) electrons. The number of allylic oxidation sites excluding steroid dienone is 4. The molecule has 0 aromatic rings. The molecule has 0 heterocycles. The van der Waals surface area contributed by atoms with Crippen molar-refractivity contribution >= 4 is 0 Å². The largest absolute Gasteiger partial charge is 0.0888 e. The number of hydrogen-bond donors (Lipinski definition) is 0. The fraction of sp³-hybridized carbons (Fsp3) is 0.778. The number of unbranched alkanes of at least 4 members (excludes halogenated alkanes) is 4. The first-order valence-electron chi connectivity index (χ1n) is 8.11. The topological polar surface area (TPSA) is 0 Å². The molecule has 0 saturated heterocycles. The standard InChI is InChI=1S/C18H34/c1-4-6-7-8-9-10-11-12-13-14-15-17-18(3)16-5-2/h6-7,11-12,18H,4-5,8-10,13-17H2,1-3H3. The van der Waals surface area contributed by atoms with Crippen LogP contribution in [0.4, 0.5) is 0 Å². The summed E-state index contributed by atoms with van der Waals surface area (Å²) in [4.78, 5) is 0. The molecule has 0 aliphatic rings. The summed E-state index contributed by atoms with van der Waals surface area (Å²) in [7, 11) is 0. The molecule has 0 N–H and O–H groups in total. The van der Waals surface area contributed by atoms with Crippen LogP contribution in [0.3, 0.4) is 0 Å². The first-order chi connectivity index (χ1) is 8.81. The maximum Gasteiger partial charge on any atom is -0.0348 e. The molecular weight excluding hydrogens is 216 g/mol. The molecular formula is C18H34. The minimum atomic E-state index is 0.935. The zero-order valence-corrected chi connectivity index (χ0v) is 13.0. The Bertz CT molecular complexity index is 200. The zero-order chi connectivity index (χ0) is 13.5. The molecule has 0 spiro atoms. The summed E-state index contributed by atoms with van der Waals surface area (Å²) in [5.74, 6) is 0.935. The molecule has 0 bridgehead atoms. The lowest BCUT2D eigenvalue weighted by Crippen LogP contribution is -1.93. The molecule has 0 aliphatic carbocycles. The lowest BCUT2D eigenvalue weighted by Gasteiger charge is -2.08. The Hall–Kier alpha value is -0.520. The Balaban J connectivity index is 3.20. The van der Waals surface area contributed by atoms with Gasteiger partial charge in [-0.3, -0.25) is 0 Å². The van der Waals surface area contributed by atoms with E-state index in [2.05, 4.69) is 45.1 Å². The first kappa shape index (κ1) is 17.5. The van der Waals surface area contributed by atoms with E-state index in [4.69, 9.17) is 0 Å². The summed E-state index contributed by atoms with van der Waals surface area (Å²) in [5.41, 5.74) is 0. The minimum Gasteiger partial charge on any atom is -0.0888 e. The van der Waals surface area contributed by atoms with E-state index in [1.165, 1.54) is 64.2 Å². The third-order valence-corrected chi connectivity index (χ3v) is 3.41. The van der Waals surface area contributed by atoms with Gasteiger partial charge in [-0.2, -0.15) is 0 Å². The molecule has 0 aromatic heterocycles. The van der Waals surface area contributed by atoms with Crippen molar-refractivity contribution in [3.05, 3.63) is 24.3 Å². The summed E-state index contributed by atoms with van der Waals surface area (Å²) in [6.45, 7) is 6.87. The molecule has 0 aliphatic heterocycles. The summed E-state index contributed by atoms with van der Waals surface area (Å²) >= 11 is 0. The Morgan fingerprint density at radius 3 is 1.94 bits per heavy atom. The maximum atomic E-state index is 2.39. The van der Waals surface area contributed by atoms with E-state index < -0.39 is 0 Å². The van der Waals surface area contributed by atoms with Crippen molar-refractivity contribution in [3.63, 3.8) is 0 Å². The highest BCUT2D eigenvalue weighted by atomic mass is 14.0. The van der Waals surface area contributed by atoms with Gasteiger partial charge < -0.3 is 0 Å². The van der Waals surface area contributed by atoms with E-state index in [-0.39, 0.29) is 0 Å². The fourth-order valence-electron chi connectivity index (χ4n) is 2.27. The van der Waals surface area contributed by atoms with Gasteiger partial charge in [0.2, 0.25) is 0 Å². The lowest BCUT2D eigenvalue weighted by atomic mass is 9.98. The monoisotopic (exact) mass is 250 g/mol. The van der Waals surface area contributed by atoms with E-state index in [9.17, 15) is 0 Å². The van der Waals surface area contributed by atoms with E-state index in [0.717, 1.165) is 5.92 Å². The number of rotatable bonds is 12. The van der Waals surface area contributed by atoms with Gasteiger partial charge in [-0.15, -0.1) is 0 Å². The fourth-order valence-corrected chi connectivity index (χ4v) is 2.27. The quantitative estimate of drug-likeness (QED) is 0.268. The summed E-state index contributed by atoms with van der Waals surface area (Å²) in [6, 6.07) is 0. The molecule has 1 atom stereocenters. The van der Waals surface area contributed by atoms with Crippen LogP contribution in [0.5, 0.6) is 0 Å². The average Bonchev–Trinajstić information content (AvgIpc) is 2.36. The summed E-state index contributed by atoms with van der Waals surface area (Å²) in [6.07, 6.45) is 22.5. The maximum absolute atomic E-state index is 2.39. The van der Waals surface area contributed by atoms with E-state index in [1.54, 1.807) is 0 Å². The van der Waals surface area contributed by atoms with Crippen molar-refractivity contribution < 1.29 is 0 Å². The smallest absolute Gasteiger partial charge is 0.0348 e. The average molecular weight is 250 g/mol. The molecule has 0 rings (SSSR count). The van der Waals surface area contributed by atoms with Gasteiger partial charge >= 0.3 is 0 Å². The lowest BCUT2D eigenvalue weighted by molar-refractivity contribution is 0.462. The second kappa shape index (κ2) is 14.5. The van der Waals surface area contributed by atoms with Crippen LogP contribution in [0.1, 0.15) is 85.0 Å². The van der Waals surface area contributed by atoms with Gasteiger partial charge in [0, 0.05) is 0 Å². The van der Waals surface area contributed by atoms with Crippen molar-refractivity contribution in [2.45, 2.75) is 85.0 Å². The third kappa shape index (κ3) is 13.5. The van der Waals surface area contributed by atoms with Crippen molar-refractivity contribution in [3.8, 4) is 0 Å². The predicted octanol–water partition coefficient (Wildman–Crippen LogP) is 6.68. The Labute approximate surface area is 116 Å². The second-order valence-corrected chi connectivity index (χ2v) is 5.46. The van der Waals surface area contributed by atoms with Gasteiger partial charge in [-0.05, 0) is 44.4 Å². The van der Waals surface area contributed by atoms with Crippen LogP contribution in [0.2, 0.25) is 0 Å². The van der Waals surface area contributed by atoms with Gasteiger partial charge in [0.05, 0.1) is 0 Å². The molecule has 0 nitrogen and oxygen atoms in total. The second-order valence-electron chi connectivity index (χ2n) is 5.46. The predicted molar refractivity (Wildman–Crippen MR) is 85.0 cm³/mol. The van der Waals surface area contributed by atoms with Crippen LogP contribution < -0.4 is 0 Å². The van der Waals surface area contributed by atoms with Gasteiger partial charge in [0.25, 0.3) is 0 Å². The summed E-state index contributed by atoms with van der Waals surface area (Å²) < 4.78 is 0. The van der Waals surface area contributed by atoms with Gasteiger partial charge in [0.1, 0.15) is 0 Å². The van der Waals surface area contributed by atoms with Crippen molar-refractivity contribution in [2.24, 2.45) is 5.92 Å². The van der Waals surface area contributed by atoms with Crippen LogP contribution in [0, 0.1) is 5.92 Å². The van der Waals surface area contributed by atoms with Crippen molar-refractivity contribution in [1.29, 1.82) is 0 Å². The molecule has 0 aromatic carbocycles. The first-order valence-corrected chi connectivity index (χ1v) is 8.11. The Morgan fingerprint density at radius 1 is 0.722 bits per heavy atom. The number of hydrogen-bond acceptors (Lipinski definition) is 0. The molecule has 18 heavy (non-hydrogen) atoms. The molecule has 0 saturated carbocycles. The van der Waals surface area contributed by atoms with Gasteiger partial charge in [-0.25, -0.2) is 0 Å². The van der Waals surface area contributed by atoms with Gasteiger partial charge in [-0.1, -0.05) is 70.8 Å². The summed E-state index contributed by atoms with van der Waals surface area (Å²) in [5, 5.41) is 0. The van der Waals surface area contributed by atoms with Crippen LogP contribution in [-0.4, -0.2) is 0 Å². The van der Waals surface area contributed by atoms with Crippen molar-refractivity contribution in [2.75, 3.05) is 0 Å². The van der Waals surface area contributed by atoms with Crippen LogP contribution >= 0.6 is 0 Å². The normalized spacial score (nSPS) is 13.7. The SMILES string of the molecule is CCC=CCCCC=CCCCCC(C)CCC. The molecule has 106 valence electrons. The Morgan fingerprint density at radius 2 is 1.33 bits per heavy atom. The highest BCUT2D eigenvalue weighted by Crippen LogP contribution is 2.14. The van der Waals surface area contributed by atoms with Crippen LogP contribution in [0.15, 0.2) is 24.3 Å². The van der Waals surface area contributed by atoms with Gasteiger partial charge in [0.15, 0.2) is 0 Å². The zero-order valence-electron chi connectivity index (χ0n) is 13.0. The van der Waals surface area contributed by atoms with Crippen LogP contribution in [0.25, 0.3) is 0 Å². The van der Waals surface area contributed by atoms with E-state index in [0.29, 0.717) is 0 Å². The molecule has 1 unspecified atom stereocenters. The molecule has 0 fully saturated rings. The highest BCUT2D eigenvalue weighted by molar-refractivity contribution is 4.84. The third-order valence-electron chi connectivity index (χ3n) is 3.41.